The zero-order valence-corrected chi connectivity index (χ0v) is 14.9. The van der Waals surface area contributed by atoms with Crippen LogP contribution in [-0.2, 0) is 16.0 Å². The van der Waals surface area contributed by atoms with Gasteiger partial charge in [-0.1, -0.05) is 19.1 Å². The third-order valence-corrected chi connectivity index (χ3v) is 5.78. The number of hydrogen-bond acceptors (Lipinski definition) is 3. The number of likely N-dealkylation sites (tertiary alicyclic amines) is 1. The molecule has 5 nitrogen and oxygen atoms in total. The number of carbonyl (C=O) groups is 2. The Bertz CT molecular complexity index is 653. The molecule has 0 aromatic heterocycles. The van der Waals surface area contributed by atoms with Crippen LogP contribution >= 0.6 is 0 Å². The van der Waals surface area contributed by atoms with E-state index in [2.05, 4.69) is 29.3 Å². The van der Waals surface area contributed by atoms with Crippen molar-refractivity contribution in [2.24, 2.45) is 5.92 Å². The van der Waals surface area contributed by atoms with Gasteiger partial charge >= 0.3 is 0 Å². The van der Waals surface area contributed by atoms with Crippen LogP contribution in [0.15, 0.2) is 24.3 Å². The molecule has 1 aromatic rings. The number of nitrogens with zero attached hydrogens (tertiary/aromatic N) is 2. The minimum Gasteiger partial charge on any atom is -0.352 e. The Morgan fingerprint density at radius 1 is 1.16 bits per heavy atom. The third kappa shape index (κ3) is 3.56. The Balaban J connectivity index is 1.33. The smallest absolute Gasteiger partial charge is 0.227 e. The third-order valence-electron chi connectivity index (χ3n) is 5.78. The largest absolute Gasteiger partial charge is 0.352 e. The van der Waals surface area contributed by atoms with Crippen molar-refractivity contribution >= 4 is 17.5 Å². The summed E-state index contributed by atoms with van der Waals surface area (Å²) in [7, 11) is 0. The van der Waals surface area contributed by atoms with Gasteiger partial charge in [-0.2, -0.15) is 0 Å². The van der Waals surface area contributed by atoms with Crippen molar-refractivity contribution in [2.75, 3.05) is 24.5 Å². The summed E-state index contributed by atoms with van der Waals surface area (Å²) in [5, 5.41) is 3.18. The Kier molecular flexibility index (Phi) is 4.50. The van der Waals surface area contributed by atoms with Gasteiger partial charge in [0.2, 0.25) is 11.8 Å². The van der Waals surface area contributed by atoms with Crippen LogP contribution in [0.4, 0.5) is 5.69 Å². The minimum absolute atomic E-state index is 0.0451. The van der Waals surface area contributed by atoms with Crippen LogP contribution < -0.4 is 10.2 Å². The molecule has 2 heterocycles. The molecule has 2 atom stereocenters. The highest BCUT2D eigenvalue weighted by molar-refractivity contribution is 6.00. The average molecular weight is 341 g/mol. The van der Waals surface area contributed by atoms with E-state index in [4.69, 9.17) is 0 Å². The predicted octanol–water partition coefficient (Wildman–Crippen LogP) is 1.95. The van der Waals surface area contributed by atoms with Crippen LogP contribution in [0.3, 0.4) is 0 Å². The van der Waals surface area contributed by atoms with Crippen molar-refractivity contribution in [3.05, 3.63) is 29.8 Å². The molecule has 2 saturated heterocycles. The molecular weight excluding hydrogens is 314 g/mol. The molecule has 0 spiro atoms. The fraction of sp³-hybridized carbons (Fsp3) is 0.600. The maximum Gasteiger partial charge on any atom is 0.227 e. The number of aryl methyl sites for hydroxylation is 1. The second-order valence-corrected chi connectivity index (χ2v) is 7.65. The Hall–Kier alpha value is -1.88. The van der Waals surface area contributed by atoms with Gasteiger partial charge in [0, 0.05) is 43.8 Å². The number of rotatable bonds is 5. The lowest BCUT2D eigenvalue weighted by Gasteiger charge is -2.19. The van der Waals surface area contributed by atoms with E-state index < -0.39 is 0 Å². The normalized spacial score (nSPS) is 27.1. The summed E-state index contributed by atoms with van der Waals surface area (Å²) in [6.45, 7) is 4.67. The van der Waals surface area contributed by atoms with E-state index in [9.17, 15) is 9.59 Å². The summed E-state index contributed by atoms with van der Waals surface area (Å²) in [4.78, 5) is 29.2. The summed E-state index contributed by atoms with van der Waals surface area (Å²) >= 11 is 0. The molecule has 0 radical (unpaired) electrons. The van der Waals surface area contributed by atoms with Crippen LogP contribution in [0.25, 0.3) is 0 Å². The molecule has 0 bridgehead atoms. The standard InChI is InChI=1S/C20H27N3O2/c1-2-14-3-5-18(6-4-14)23-12-15(11-19(23)24)20(25)21-16-9-10-22(13-16)17-7-8-17/h3-6,15-17H,2,7-13H2,1H3,(H,21,25)/t15-,16+/m1/s1. The Morgan fingerprint density at radius 3 is 2.60 bits per heavy atom. The Labute approximate surface area is 149 Å². The van der Waals surface area contributed by atoms with Gasteiger partial charge < -0.3 is 10.2 Å². The second kappa shape index (κ2) is 6.79. The van der Waals surface area contributed by atoms with E-state index in [1.807, 2.05) is 12.1 Å². The number of amides is 2. The van der Waals surface area contributed by atoms with Crippen molar-refractivity contribution in [1.29, 1.82) is 0 Å². The van der Waals surface area contributed by atoms with Crippen molar-refractivity contribution < 1.29 is 9.59 Å². The van der Waals surface area contributed by atoms with Gasteiger partial charge in [-0.05, 0) is 43.4 Å². The monoisotopic (exact) mass is 341 g/mol. The van der Waals surface area contributed by atoms with Crippen molar-refractivity contribution in [3.8, 4) is 0 Å². The molecular formula is C20H27N3O2. The first-order valence-corrected chi connectivity index (χ1v) is 9.57. The van der Waals surface area contributed by atoms with Gasteiger partial charge in [0.25, 0.3) is 0 Å². The SMILES string of the molecule is CCc1ccc(N2C[C@H](C(=O)N[C@H]3CCN(C4CC4)C3)CC2=O)cc1. The molecule has 1 aliphatic carbocycles. The van der Waals surface area contributed by atoms with Gasteiger partial charge in [-0.15, -0.1) is 0 Å². The maximum atomic E-state index is 12.6. The van der Waals surface area contributed by atoms with Crippen LogP contribution in [0.5, 0.6) is 0 Å². The zero-order chi connectivity index (χ0) is 17.4. The molecule has 4 rings (SSSR count). The Morgan fingerprint density at radius 2 is 1.92 bits per heavy atom. The highest BCUT2D eigenvalue weighted by atomic mass is 16.2. The van der Waals surface area contributed by atoms with Crippen LogP contribution in [0, 0.1) is 5.92 Å². The molecule has 2 aliphatic heterocycles. The van der Waals surface area contributed by atoms with E-state index in [1.165, 1.54) is 18.4 Å². The van der Waals surface area contributed by atoms with Gasteiger partial charge in [-0.3, -0.25) is 14.5 Å². The molecule has 1 saturated carbocycles. The number of hydrogen-bond donors (Lipinski definition) is 1. The predicted molar refractivity (Wildman–Crippen MR) is 97.4 cm³/mol. The fourth-order valence-corrected chi connectivity index (χ4v) is 4.04. The second-order valence-electron chi connectivity index (χ2n) is 7.65. The molecule has 2 amide bonds. The van der Waals surface area contributed by atoms with Crippen LogP contribution in [0.2, 0.25) is 0 Å². The van der Waals surface area contributed by atoms with Crippen LogP contribution in [-0.4, -0.2) is 48.4 Å². The van der Waals surface area contributed by atoms with Crippen molar-refractivity contribution in [1.82, 2.24) is 10.2 Å². The number of carbonyl (C=O) groups excluding carboxylic acids is 2. The summed E-state index contributed by atoms with van der Waals surface area (Å²) in [6.07, 6.45) is 4.96. The molecule has 1 N–H and O–H groups in total. The molecule has 134 valence electrons. The minimum atomic E-state index is -0.228. The molecule has 5 heteroatoms. The van der Waals surface area contributed by atoms with E-state index in [-0.39, 0.29) is 23.8 Å². The quantitative estimate of drug-likeness (QED) is 0.891. The number of nitrogens with one attached hydrogen (secondary N) is 1. The first-order valence-electron chi connectivity index (χ1n) is 9.57. The summed E-state index contributed by atoms with van der Waals surface area (Å²) < 4.78 is 0. The number of benzene rings is 1. The lowest BCUT2D eigenvalue weighted by atomic mass is 10.1. The molecule has 25 heavy (non-hydrogen) atoms. The van der Waals surface area contributed by atoms with Gasteiger partial charge in [-0.25, -0.2) is 0 Å². The lowest BCUT2D eigenvalue weighted by Crippen LogP contribution is -2.41. The lowest BCUT2D eigenvalue weighted by molar-refractivity contribution is -0.126. The summed E-state index contributed by atoms with van der Waals surface area (Å²) in [5.74, 6) is -0.132. The molecule has 0 unspecified atom stereocenters. The van der Waals surface area contributed by atoms with E-state index in [0.29, 0.717) is 13.0 Å². The topological polar surface area (TPSA) is 52.7 Å². The average Bonchev–Trinajstić information content (AvgIpc) is 3.25. The van der Waals surface area contributed by atoms with Gasteiger partial charge in [0.1, 0.15) is 0 Å². The molecule has 3 fully saturated rings. The van der Waals surface area contributed by atoms with Gasteiger partial charge in [0.15, 0.2) is 0 Å². The fourth-order valence-electron chi connectivity index (χ4n) is 4.04. The molecule has 3 aliphatic rings. The van der Waals surface area contributed by atoms with Crippen molar-refractivity contribution in [2.45, 2.75) is 51.1 Å². The van der Waals surface area contributed by atoms with Gasteiger partial charge in [0.05, 0.1) is 5.92 Å². The highest BCUT2D eigenvalue weighted by Gasteiger charge is 2.38. The van der Waals surface area contributed by atoms with Crippen LogP contribution in [0.1, 0.15) is 38.2 Å². The maximum absolute atomic E-state index is 12.6. The highest BCUT2D eigenvalue weighted by Crippen LogP contribution is 2.30. The number of anilines is 1. The van der Waals surface area contributed by atoms with E-state index in [0.717, 1.165) is 37.7 Å². The van der Waals surface area contributed by atoms with E-state index >= 15 is 0 Å². The first kappa shape index (κ1) is 16.6. The first-order chi connectivity index (χ1) is 12.1. The van der Waals surface area contributed by atoms with Crippen molar-refractivity contribution in [3.63, 3.8) is 0 Å². The van der Waals surface area contributed by atoms with E-state index in [1.54, 1.807) is 4.90 Å². The zero-order valence-electron chi connectivity index (χ0n) is 14.9. The summed E-state index contributed by atoms with van der Waals surface area (Å²) in [5.41, 5.74) is 2.16. The molecule has 1 aromatic carbocycles. The summed E-state index contributed by atoms with van der Waals surface area (Å²) in [6, 6.07) is 9.10.